The minimum atomic E-state index is 0.694. The number of aryl methyl sites for hydroxylation is 1. The lowest BCUT2D eigenvalue weighted by Gasteiger charge is -1.90. The molecule has 0 radical (unpaired) electrons. The van der Waals surface area contributed by atoms with E-state index in [0.717, 1.165) is 16.7 Å². The summed E-state index contributed by atoms with van der Waals surface area (Å²) >= 11 is 0. The number of hydrogen-bond acceptors (Lipinski definition) is 2. The SMILES string of the molecule is Cc1cc2ncc(N)cc2[nH]1. The van der Waals surface area contributed by atoms with E-state index in [0.29, 0.717) is 5.69 Å². The molecule has 2 heterocycles. The first-order valence-electron chi connectivity index (χ1n) is 3.46. The molecule has 2 aromatic heterocycles. The zero-order valence-corrected chi connectivity index (χ0v) is 6.26. The minimum absolute atomic E-state index is 0.694. The molecule has 56 valence electrons. The van der Waals surface area contributed by atoms with Gasteiger partial charge in [-0.15, -0.1) is 0 Å². The van der Waals surface area contributed by atoms with Crippen molar-refractivity contribution in [2.45, 2.75) is 6.92 Å². The molecule has 0 aliphatic heterocycles. The summed E-state index contributed by atoms with van der Waals surface area (Å²) in [5, 5.41) is 0. The van der Waals surface area contributed by atoms with Gasteiger partial charge in [-0.3, -0.25) is 4.98 Å². The van der Waals surface area contributed by atoms with Crippen molar-refractivity contribution in [1.82, 2.24) is 9.97 Å². The molecule has 0 aliphatic rings. The van der Waals surface area contributed by atoms with Gasteiger partial charge in [0.25, 0.3) is 0 Å². The summed E-state index contributed by atoms with van der Waals surface area (Å²) in [6.07, 6.45) is 1.66. The summed E-state index contributed by atoms with van der Waals surface area (Å²) in [7, 11) is 0. The van der Waals surface area contributed by atoms with Crippen LogP contribution in [0.3, 0.4) is 0 Å². The third kappa shape index (κ3) is 0.941. The van der Waals surface area contributed by atoms with Gasteiger partial charge in [-0.05, 0) is 19.1 Å². The van der Waals surface area contributed by atoms with E-state index in [1.54, 1.807) is 6.20 Å². The Morgan fingerprint density at radius 1 is 1.45 bits per heavy atom. The fourth-order valence-electron chi connectivity index (χ4n) is 1.16. The number of rotatable bonds is 0. The summed E-state index contributed by atoms with van der Waals surface area (Å²) in [5.74, 6) is 0. The molecule has 3 nitrogen and oxygen atoms in total. The van der Waals surface area contributed by atoms with E-state index >= 15 is 0 Å². The van der Waals surface area contributed by atoms with Crippen molar-refractivity contribution in [3.05, 3.63) is 24.0 Å². The first-order chi connectivity index (χ1) is 5.25. The van der Waals surface area contributed by atoms with Gasteiger partial charge in [-0.1, -0.05) is 0 Å². The van der Waals surface area contributed by atoms with Gasteiger partial charge in [-0.25, -0.2) is 0 Å². The maximum absolute atomic E-state index is 5.55. The zero-order valence-electron chi connectivity index (χ0n) is 6.26. The predicted molar refractivity (Wildman–Crippen MR) is 45.2 cm³/mol. The fourth-order valence-corrected chi connectivity index (χ4v) is 1.16. The van der Waals surface area contributed by atoms with Crippen molar-refractivity contribution >= 4 is 16.7 Å². The second-order valence-electron chi connectivity index (χ2n) is 2.65. The highest BCUT2D eigenvalue weighted by atomic mass is 14.8. The van der Waals surface area contributed by atoms with Gasteiger partial charge >= 0.3 is 0 Å². The Morgan fingerprint density at radius 2 is 2.27 bits per heavy atom. The third-order valence-corrected chi connectivity index (χ3v) is 1.62. The van der Waals surface area contributed by atoms with Crippen LogP contribution in [0.1, 0.15) is 5.69 Å². The van der Waals surface area contributed by atoms with Gasteiger partial charge in [0.15, 0.2) is 0 Å². The van der Waals surface area contributed by atoms with Crippen LogP contribution in [-0.4, -0.2) is 9.97 Å². The Hall–Kier alpha value is -1.51. The number of nitrogen functional groups attached to an aromatic ring is 1. The minimum Gasteiger partial charge on any atom is -0.397 e. The van der Waals surface area contributed by atoms with E-state index in [9.17, 15) is 0 Å². The topological polar surface area (TPSA) is 54.7 Å². The zero-order chi connectivity index (χ0) is 7.84. The average Bonchev–Trinajstić information content (AvgIpc) is 2.27. The van der Waals surface area contributed by atoms with Crippen LogP contribution >= 0.6 is 0 Å². The maximum atomic E-state index is 5.55. The number of hydrogen-bond donors (Lipinski definition) is 2. The van der Waals surface area contributed by atoms with E-state index in [2.05, 4.69) is 9.97 Å². The quantitative estimate of drug-likeness (QED) is 0.592. The molecule has 3 heteroatoms. The van der Waals surface area contributed by atoms with Crippen LogP contribution in [0.2, 0.25) is 0 Å². The normalized spacial score (nSPS) is 10.6. The lowest BCUT2D eigenvalue weighted by Crippen LogP contribution is -1.84. The van der Waals surface area contributed by atoms with Gasteiger partial charge in [0.05, 0.1) is 22.9 Å². The van der Waals surface area contributed by atoms with Crippen molar-refractivity contribution in [1.29, 1.82) is 0 Å². The number of aromatic amines is 1. The Morgan fingerprint density at radius 3 is 3.09 bits per heavy atom. The highest BCUT2D eigenvalue weighted by Crippen LogP contribution is 2.14. The molecule has 0 saturated carbocycles. The number of H-pyrrole nitrogens is 1. The van der Waals surface area contributed by atoms with Crippen LogP contribution in [0, 0.1) is 6.92 Å². The Balaban J connectivity index is 2.82. The van der Waals surface area contributed by atoms with Crippen LogP contribution in [0.15, 0.2) is 18.3 Å². The van der Waals surface area contributed by atoms with E-state index in [1.807, 2.05) is 19.1 Å². The molecule has 0 spiro atoms. The second-order valence-corrected chi connectivity index (χ2v) is 2.65. The number of fused-ring (bicyclic) bond motifs is 1. The van der Waals surface area contributed by atoms with Crippen molar-refractivity contribution in [3.8, 4) is 0 Å². The highest BCUT2D eigenvalue weighted by molar-refractivity contribution is 5.78. The maximum Gasteiger partial charge on any atom is 0.0883 e. The predicted octanol–water partition coefficient (Wildman–Crippen LogP) is 1.45. The van der Waals surface area contributed by atoms with Gasteiger partial charge in [0.1, 0.15) is 0 Å². The summed E-state index contributed by atoms with van der Waals surface area (Å²) in [6, 6.07) is 3.88. The smallest absolute Gasteiger partial charge is 0.0883 e. The van der Waals surface area contributed by atoms with Crippen LogP contribution in [-0.2, 0) is 0 Å². The molecule has 2 aromatic rings. The number of pyridine rings is 1. The molecule has 0 amide bonds. The average molecular weight is 147 g/mol. The van der Waals surface area contributed by atoms with E-state index in [1.165, 1.54) is 0 Å². The molecular formula is C8H9N3. The number of aromatic nitrogens is 2. The van der Waals surface area contributed by atoms with E-state index < -0.39 is 0 Å². The molecule has 0 saturated heterocycles. The van der Waals surface area contributed by atoms with Crippen LogP contribution in [0.4, 0.5) is 5.69 Å². The third-order valence-electron chi connectivity index (χ3n) is 1.62. The molecule has 0 unspecified atom stereocenters. The Kier molecular flexibility index (Phi) is 1.12. The summed E-state index contributed by atoms with van der Waals surface area (Å²) in [4.78, 5) is 7.30. The van der Waals surface area contributed by atoms with Crippen LogP contribution in [0.5, 0.6) is 0 Å². The summed E-state index contributed by atoms with van der Waals surface area (Å²) < 4.78 is 0. The first kappa shape index (κ1) is 6.22. The van der Waals surface area contributed by atoms with Crippen LogP contribution < -0.4 is 5.73 Å². The molecule has 0 aliphatic carbocycles. The lowest BCUT2D eigenvalue weighted by atomic mass is 10.3. The highest BCUT2D eigenvalue weighted by Gasteiger charge is 1.97. The molecule has 11 heavy (non-hydrogen) atoms. The van der Waals surface area contributed by atoms with Crippen LogP contribution in [0.25, 0.3) is 11.0 Å². The number of anilines is 1. The molecule has 3 N–H and O–H groups in total. The second kappa shape index (κ2) is 1.99. The fraction of sp³-hybridized carbons (Fsp3) is 0.125. The summed E-state index contributed by atoms with van der Waals surface area (Å²) in [6.45, 7) is 2.00. The molecule has 0 fully saturated rings. The molecule has 0 atom stereocenters. The van der Waals surface area contributed by atoms with E-state index in [4.69, 9.17) is 5.73 Å². The van der Waals surface area contributed by atoms with Gasteiger partial charge in [0.2, 0.25) is 0 Å². The van der Waals surface area contributed by atoms with E-state index in [-0.39, 0.29) is 0 Å². The summed E-state index contributed by atoms with van der Waals surface area (Å²) in [5.41, 5.74) is 9.33. The lowest BCUT2D eigenvalue weighted by molar-refractivity contribution is 1.30. The van der Waals surface area contributed by atoms with Crippen molar-refractivity contribution in [2.75, 3.05) is 5.73 Å². The first-order valence-corrected chi connectivity index (χ1v) is 3.46. The molecule has 2 rings (SSSR count). The van der Waals surface area contributed by atoms with Gasteiger partial charge in [0, 0.05) is 5.69 Å². The Bertz CT molecular complexity index is 389. The van der Waals surface area contributed by atoms with Crippen molar-refractivity contribution in [2.24, 2.45) is 0 Å². The Labute approximate surface area is 64.2 Å². The standard InChI is InChI=1S/C8H9N3/c1-5-2-7-8(11-5)3-6(9)4-10-7/h2-4,11H,9H2,1H3. The number of nitrogens with two attached hydrogens (primary N) is 1. The van der Waals surface area contributed by atoms with Gasteiger partial charge in [-0.2, -0.15) is 0 Å². The molecule has 0 bridgehead atoms. The molecular weight excluding hydrogens is 138 g/mol. The number of nitrogens with one attached hydrogen (secondary N) is 1. The van der Waals surface area contributed by atoms with Crippen molar-refractivity contribution in [3.63, 3.8) is 0 Å². The van der Waals surface area contributed by atoms with Crippen molar-refractivity contribution < 1.29 is 0 Å². The molecule has 0 aromatic carbocycles. The number of nitrogens with zero attached hydrogens (tertiary/aromatic N) is 1. The van der Waals surface area contributed by atoms with Gasteiger partial charge < -0.3 is 10.7 Å². The monoisotopic (exact) mass is 147 g/mol. The largest absolute Gasteiger partial charge is 0.397 e.